The van der Waals surface area contributed by atoms with Gasteiger partial charge in [-0.25, -0.2) is 0 Å². The standard InChI is InChI=1S/C14H17Cl2NO2/c15-11-6-5-9(7-12(11)16)8-17-13-4-2-1-3-10(13)14(18)19/h5-7,10,13,17H,1-4,8H2,(H,18,19). The van der Waals surface area contributed by atoms with E-state index < -0.39 is 5.97 Å². The average molecular weight is 302 g/mol. The van der Waals surface area contributed by atoms with Crippen molar-refractivity contribution in [2.24, 2.45) is 5.92 Å². The molecule has 2 unspecified atom stereocenters. The number of carboxylic acid groups (broad SMARTS) is 1. The van der Waals surface area contributed by atoms with Crippen LogP contribution in [0.5, 0.6) is 0 Å². The van der Waals surface area contributed by atoms with Crippen molar-refractivity contribution in [3.8, 4) is 0 Å². The molecule has 2 atom stereocenters. The third-order valence-electron chi connectivity index (χ3n) is 3.64. The molecule has 1 aliphatic carbocycles. The second-order valence-electron chi connectivity index (χ2n) is 4.97. The topological polar surface area (TPSA) is 49.3 Å². The van der Waals surface area contributed by atoms with Crippen molar-refractivity contribution in [1.29, 1.82) is 0 Å². The van der Waals surface area contributed by atoms with Crippen LogP contribution in [0.4, 0.5) is 0 Å². The zero-order valence-electron chi connectivity index (χ0n) is 10.5. The SMILES string of the molecule is O=C(O)C1CCCCC1NCc1ccc(Cl)c(Cl)c1. The smallest absolute Gasteiger partial charge is 0.308 e. The van der Waals surface area contributed by atoms with Crippen molar-refractivity contribution in [2.45, 2.75) is 38.3 Å². The fourth-order valence-electron chi connectivity index (χ4n) is 2.57. The molecular formula is C14H17Cl2NO2. The molecule has 1 fully saturated rings. The Morgan fingerprint density at radius 2 is 2.00 bits per heavy atom. The molecular weight excluding hydrogens is 285 g/mol. The fourth-order valence-corrected chi connectivity index (χ4v) is 2.89. The van der Waals surface area contributed by atoms with Gasteiger partial charge in [-0.3, -0.25) is 4.79 Å². The molecule has 3 nitrogen and oxygen atoms in total. The Hall–Kier alpha value is -0.770. The highest BCUT2D eigenvalue weighted by atomic mass is 35.5. The molecule has 104 valence electrons. The number of halogens is 2. The highest BCUT2D eigenvalue weighted by Crippen LogP contribution is 2.26. The molecule has 0 radical (unpaired) electrons. The molecule has 0 aromatic heterocycles. The Kier molecular flexibility index (Phi) is 5.08. The molecule has 1 saturated carbocycles. The predicted octanol–water partition coefficient (Wildman–Crippen LogP) is 3.73. The Morgan fingerprint density at radius 1 is 1.26 bits per heavy atom. The van der Waals surface area contributed by atoms with E-state index in [4.69, 9.17) is 23.2 Å². The molecule has 2 rings (SSSR count). The number of rotatable bonds is 4. The second kappa shape index (κ2) is 6.60. The Labute approximate surface area is 122 Å². The van der Waals surface area contributed by atoms with Crippen LogP contribution < -0.4 is 5.32 Å². The van der Waals surface area contributed by atoms with Gasteiger partial charge in [0, 0.05) is 12.6 Å². The first kappa shape index (κ1) is 14.6. The summed E-state index contributed by atoms with van der Waals surface area (Å²) in [7, 11) is 0. The van der Waals surface area contributed by atoms with Crippen LogP contribution in [0, 0.1) is 5.92 Å². The van der Waals surface area contributed by atoms with E-state index >= 15 is 0 Å². The molecule has 5 heteroatoms. The predicted molar refractivity (Wildman–Crippen MR) is 76.7 cm³/mol. The first-order chi connectivity index (χ1) is 9.08. The average Bonchev–Trinajstić information content (AvgIpc) is 2.40. The van der Waals surface area contributed by atoms with E-state index in [-0.39, 0.29) is 12.0 Å². The van der Waals surface area contributed by atoms with E-state index in [2.05, 4.69) is 5.32 Å². The van der Waals surface area contributed by atoms with Gasteiger partial charge in [-0.1, -0.05) is 42.1 Å². The minimum atomic E-state index is -0.702. The summed E-state index contributed by atoms with van der Waals surface area (Å²) < 4.78 is 0. The lowest BCUT2D eigenvalue weighted by Crippen LogP contribution is -2.41. The third kappa shape index (κ3) is 3.85. The lowest BCUT2D eigenvalue weighted by Gasteiger charge is -2.29. The van der Waals surface area contributed by atoms with Crippen LogP contribution in [-0.2, 0) is 11.3 Å². The number of benzene rings is 1. The van der Waals surface area contributed by atoms with E-state index in [1.807, 2.05) is 12.1 Å². The van der Waals surface area contributed by atoms with Crippen LogP contribution in [0.2, 0.25) is 10.0 Å². The van der Waals surface area contributed by atoms with E-state index in [0.29, 0.717) is 16.6 Å². The van der Waals surface area contributed by atoms with Gasteiger partial charge in [0.1, 0.15) is 0 Å². The highest BCUT2D eigenvalue weighted by Gasteiger charge is 2.30. The van der Waals surface area contributed by atoms with Crippen molar-refractivity contribution in [2.75, 3.05) is 0 Å². The minimum Gasteiger partial charge on any atom is -0.481 e. The second-order valence-corrected chi connectivity index (χ2v) is 5.78. The largest absolute Gasteiger partial charge is 0.481 e. The number of aliphatic carboxylic acids is 1. The summed E-state index contributed by atoms with van der Waals surface area (Å²) in [5.41, 5.74) is 1.02. The third-order valence-corrected chi connectivity index (χ3v) is 4.37. The van der Waals surface area contributed by atoms with Gasteiger partial charge in [0.2, 0.25) is 0 Å². The molecule has 0 bridgehead atoms. The minimum absolute atomic E-state index is 0.0423. The van der Waals surface area contributed by atoms with E-state index in [1.54, 1.807) is 6.07 Å². The summed E-state index contributed by atoms with van der Waals surface area (Å²) in [6, 6.07) is 5.52. The van der Waals surface area contributed by atoms with Crippen molar-refractivity contribution in [1.82, 2.24) is 5.32 Å². The summed E-state index contributed by atoms with van der Waals surface area (Å²) in [5, 5.41) is 13.6. The van der Waals surface area contributed by atoms with Gasteiger partial charge < -0.3 is 10.4 Å². The highest BCUT2D eigenvalue weighted by molar-refractivity contribution is 6.42. The van der Waals surface area contributed by atoms with Gasteiger partial charge in [0.15, 0.2) is 0 Å². The maximum Gasteiger partial charge on any atom is 0.308 e. The van der Waals surface area contributed by atoms with Gasteiger partial charge in [0.25, 0.3) is 0 Å². The zero-order chi connectivity index (χ0) is 13.8. The molecule has 0 heterocycles. The van der Waals surface area contributed by atoms with Gasteiger partial charge >= 0.3 is 5.97 Å². The number of carboxylic acids is 1. The summed E-state index contributed by atoms with van der Waals surface area (Å²) in [5.74, 6) is -0.983. The van der Waals surface area contributed by atoms with Crippen LogP contribution in [0.1, 0.15) is 31.2 Å². The van der Waals surface area contributed by atoms with Gasteiger partial charge in [-0.15, -0.1) is 0 Å². The normalized spacial score (nSPS) is 23.3. The molecule has 0 spiro atoms. The molecule has 0 saturated heterocycles. The van der Waals surface area contributed by atoms with Crippen molar-refractivity contribution in [3.63, 3.8) is 0 Å². The van der Waals surface area contributed by atoms with Crippen molar-refractivity contribution >= 4 is 29.2 Å². The molecule has 1 aromatic carbocycles. The van der Waals surface area contributed by atoms with E-state index in [9.17, 15) is 9.90 Å². The molecule has 1 aromatic rings. The molecule has 2 N–H and O–H groups in total. The summed E-state index contributed by atoms with van der Waals surface area (Å²) in [4.78, 5) is 11.2. The number of hydrogen-bond acceptors (Lipinski definition) is 2. The summed E-state index contributed by atoms with van der Waals surface area (Å²) in [6.45, 7) is 0.616. The first-order valence-electron chi connectivity index (χ1n) is 6.48. The van der Waals surface area contributed by atoms with E-state index in [0.717, 1.165) is 31.2 Å². The lowest BCUT2D eigenvalue weighted by atomic mass is 9.84. The molecule has 19 heavy (non-hydrogen) atoms. The Bertz CT molecular complexity index is 465. The molecule has 1 aliphatic rings. The summed E-state index contributed by atoms with van der Waals surface area (Å²) in [6.07, 6.45) is 3.76. The number of nitrogens with one attached hydrogen (secondary N) is 1. The van der Waals surface area contributed by atoms with Crippen LogP contribution in [0.25, 0.3) is 0 Å². The number of carbonyl (C=O) groups is 1. The first-order valence-corrected chi connectivity index (χ1v) is 7.23. The fraction of sp³-hybridized carbons (Fsp3) is 0.500. The Morgan fingerprint density at radius 3 is 2.68 bits per heavy atom. The lowest BCUT2D eigenvalue weighted by molar-refractivity contribution is -0.143. The van der Waals surface area contributed by atoms with E-state index in [1.165, 1.54) is 0 Å². The van der Waals surface area contributed by atoms with Crippen LogP contribution in [0.3, 0.4) is 0 Å². The zero-order valence-corrected chi connectivity index (χ0v) is 12.0. The van der Waals surface area contributed by atoms with Crippen LogP contribution in [0.15, 0.2) is 18.2 Å². The van der Waals surface area contributed by atoms with Gasteiger partial charge in [-0.2, -0.15) is 0 Å². The van der Waals surface area contributed by atoms with Crippen LogP contribution >= 0.6 is 23.2 Å². The van der Waals surface area contributed by atoms with Gasteiger partial charge in [0.05, 0.1) is 16.0 Å². The maximum absolute atomic E-state index is 11.2. The Balaban J connectivity index is 1.96. The van der Waals surface area contributed by atoms with Crippen molar-refractivity contribution in [3.05, 3.63) is 33.8 Å². The van der Waals surface area contributed by atoms with Gasteiger partial charge in [-0.05, 0) is 30.5 Å². The van der Waals surface area contributed by atoms with Crippen LogP contribution in [-0.4, -0.2) is 17.1 Å². The van der Waals surface area contributed by atoms with Crippen molar-refractivity contribution < 1.29 is 9.90 Å². The quantitative estimate of drug-likeness (QED) is 0.891. The summed E-state index contributed by atoms with van der Waals surface area (Å²) >= 11 is 11.8. The molecule has 0 aliphatic heterocycles. The number of hydrogen-bond donors (Lipinski definition) is 2. The monoisotopic (exact) mass is 301 g/mol. The maximum atomic E-state index is 11.2. The molecule has 0 amide bonds.